The lowest BCUT2D eigenvalue weighted by Gasteiger charge is -2.38. The van der Waals surface area contributed by atoms with E-state index in [0.29, 0.717) is 10.6 Å². The topological polar surface area (TPSA) is 46.3 Å². The van der Waals surface area contributed by atoms with Crippen molar-refractivity contribution in [3.05, 3.63) is 33.3 Å². The first-order valence-electron chi connectivity index (χ1n) is 6.52. The molecule has 1 amide bonds. The van der Waals surface area contributed by atoms with Crippen molar-refractivity contribution in [2.45, 2.75) is 38.3 Å². The van der Waals surface area contributed by atoms with Crippen molar-refractivity contribution in [1.29, 1.82) is 0 Å². The summed E-state index contributed by atoms with van der Waals surface area (Å²) in [5, 5.41) is 0.480. The number of amides is 1. The van der Waals surface area contributed by atoms with Gasteiger partial charge in [-0.05, 0) is 44.4 Å². The molecule has 1 heterocycles. The molecular weight excluding hydrogens is 363 g/mol. The fourth-order valence-corrected chi connectivity index (χ4v) is 3.33. The number of nitrogens with two attached hydrogens (primary N) is 1. The van der Waals surface area contributed by atoms with Gasteiger partial charge in [-0.25, -0.2) is 0 Å². The molecule has 2 atom stereocenters. The van der Waals surface area contributed by atoms with Crippen molar-refractivity contribution in [2.75, 3.05) is 6.54 Å². The number of carbonyl (C=O) groups excluding carboxylic acids is 1. The summed E-state index contributed by atoms with van der Waals surface area (Å²) in [5.74, 6) is -0.0144. The van der Waals surface area contributed by atoms with Gasteiger partial charge in [0.15, 0.2) is 0 Å². The third-order valence-electron chi connectivity index (χ3n) is 3.58. The van der Waals surface area contributed by atoms with Crippen molar-refractivity contribution in [3.8, 4) is 0 Å². The summed E-state index contributed by atoms with van der Waals surface area (Å²) >= 11 is 9.51. The molecule has 0 saturated carbocycles. The van der Waals surface area contributed by atoms with Gasteiger partial charge in [0, 0.05) is 23.1 Å². The van der Waals surface area contributed by atoms with Crippen molar-refractivity contribution in [3.63, 3.8) is 0 Å². The van der Waals surface area contributed by atoms with Gasteiger partial charge in [0.1, 0.15) is 0 Å². The molecule has 1 fully saturated rings. The van der Waals surface area contributed by atoms with Crippen LogP contribution in [-0.4, -0.2) is 29.4 Å². The Labute approximate surface area is 139 Å². The molecule has 112 valence electrons. The first-order valence-corrected chi connectivity index (χ1v) is 7.69. The van der Waals surface area contributed by atoms with Crippen LogP contribution in [0.2, 0.25) is 5.02 Å². The number of halogens is 3. The molecule has 1 saturated heterocycles. The fourth-order valence-electron chi connectivity index (χ4n) is 2.57. The number of hydrogen-bond acceptors (Lipinski definition) is 2. The summed E-state index contributed by atoms with van der Waals surface area (Å²) < 4.78 is 0.872. The van der Waals surface area contributed by atoms with Gasteiger partial charge in [0.25, 0.3) is 5.91 Å². The van der Waals surface area contributed by atoms with Gasteiger partial charge < -0.3 is 10.6 Å². The highest BCUT2D eigenvalue weighted by molar-refractivity contribution is 9.10. The van der Waals surface area contributed by atoms with Gasteiger partial charge in [0.2, 0.25) is 0 Å². The predicted molar refractivity (Wildman–Crippen MR) is 88.7 cm³/mol. The zero-order valence-electron chi connectivity index (χ0n) is 11.3. The van der Waals surface area contributed by atoms with Gasteiger partial charge in [-0.3, -0.25) is 4.79 Å². The van der Waals surface area contributed by atoms with Gasteiger partial charge in [-0.2, -0.15) is 0 Å². The second-order valence-electron chi connectivity index (χ2n) is 5.04. The molecular formula is C14H19BrCl2N2O. The Morgan fingerprint density at radius 2 is 2.20 bits per heavy atom. The summed E-state index contributed by atoms with van der Waals surface area (Å²) in [4.78, 5) is 14.5. The minimum atomic E-state index is -0.0153. The quantitative estimate of drug-likeness (QED) is 0.845. The van der Waals surface area contributed by atoms with Crippen LogP contribution in [0.5, 0.6) is 0 Å². The summed E-state index contributed by atoms with van der Waals surface area (Å²) in [6.45, 7) is 2.72. The van der Waals surface area contributed by atoms with E-state index in [-0.39, 0.29) is 30.4 Å². The zero-order chi connectivity index (χ0) is 14.0. The van der Waals surface area contributed by atoms with Gasteiger partial charge in [-0.15, -0.1) is 12.4 Å². The minimum absolute atomic E-state index is 0. The molecule has 2 N–H and O–H groups in total. The van der Waals surface area contributed by atoms with Crippen LogP contribution in [-0.2, 0) is 0 Å². The van der Waals surface area contributed by atoms with E-state index in [1.54, 1.807) is 12.1 Å². The van der Waals surface area contributed by atoms with Crippen LogP contribution in [0.1, 0.15) is 36.5 Å². The molecule has 2 rings (SSSR count). The number of hydrogen-bond donors (Lipinski definition) is 1. The first-order chi connectivity index (χ1) is 9.00. The van der Waals surface area contributed by atoms with E-state index < -0.39 is 0 Å². The molecule has 20 heavy (non-hydrogen) atoms. The molecule has 0 aliphatic carbocycles. The van der Waals surface area contributed by atoms with Crippen molar-refractivity contribution in [1.82, 2.24) is 4.90 Å². The molecule has 0 radical (unpaired) electrons. The van der Waals surface area contributed by atoms with Crippen LogP contribution in [0.3, 0.4) is 0 Å². The lowest BCUT2D eigenvalue weighted by Crippen LogP contribution is -2.51. The summed E-state index contributed by atoms with van der Waals surface area (Å²) in [6.07, 6.45) is 3.13. The lowest BCUT2D eigenvalue weighted by molar-refractivity contribution is 0.0584. The monoisotopic (exact) mass is 380 g/mol. The molecule has 0 bridgehead atoms. The van der Waals surface area contributed by atoms with E-state index in [2.05, 4.69) is 15.9 Å². The summed E-state index contributed by atoms with van der Waals surface area (Å²) in [7, 11) is 0. The van der Waals surface area contributed by atoms with Crippen LogP contribution in [0.15, 0.2) is 22.7 Å². The maximum atomic E-state index is 12.6. The Morgan fingerprint density at radius 3 is 2.80 bits per heavy atom. The summed E-state index contributed by atoms with van der Waals surface area (Å²) in [6, 6.07) is 5.45. The number of benzene rings is 1. The molecule has 6 heteroatoms. The van der Waals surface area contributed by atoms with Crippen LogP contribution >= 0.6 is 39.9 Å². The Hall–Kier alpha value is -0.290. The Kier molecular flexibility index (Phi) is 6.79. The fraction of sp³-hybridized carbons (Fsp3) is 0.500. The van der Waals surface area contributed by atoms with E-state index in [1.165, 1.54) is 0 Å². The number of rotatable bonds is 2. The zero-order valence-corrected chi connectivity index (χ0v) is 14.5. The maximum absolute atomic E-state index is 12.6. The average Bonchev–Trinajstić information content (AvgIpc) is 2.38. The van der Waals surface area contributed by atoms with Crippen molar-refractivity contribution < 1.29 is 4.79 Å². The van der Waals surface area contributed by atoms with Crippen LogP contribution in [0, 0.1) is 0 Å². The SMILES string of the molecule is CC(N)C1CCCCN1C(=O)c1ccc(Br)cc1Cl.Cl. The highest BCUT2D eigenvalue weighted by Crippen LogP contribution is 2.26. The molecule has 0 aromatic heterocycles. The predicted octanol–water partition coefficient (Wildman–Crippen LogP) is 3.87. The highest BCUT2D eigenvalue weighted by Gasteiger charge is 2.30. The second-order valence-corrected chi connectivity index (χ2v) is 6.37. The van der Waals surface area contributed by atoms with E-state index in [4.69, 9.17) is 17.3 Å². The molecule has 0 spiro atoms. The van der Waals surface area contributed by atoms with Gasteiger partial charge >= 0.3 is 0 Å². The van der Waals surface area contributed by atoms with E-state index in [9.17, 15) is 4.79 Å². The second kappa shape index (κ2) is 7.64. The molecule has 1 aromatic carbocycles. The molecule has 1 aromatic rings. The molecule has 2 unspecified atom stereocenters. The van der Waals surface area contributed by atoms with Crippen molar-refractivity contribution >= 4 is 45.8 Å². The molecule has 3 nitrogen and oxygen atoms in total. The van der Waals surface area contributed by atoms with Crippen LogP contribution < -0.4 is 5.73 Å². The number of piperidine rings is 1. The number of nitrogens with zero attached hydrogens (tertiary/aromatic N) is 1. The van der Waals surface area contributed by atoms with Gasteiger partial charge in [-0.1, -0.05) is 27.5 Å². The Balaban J connectivity index is 0.00000200. The molecule has 1 aliphatic rings. The third kappa shape index (κ3) is 3.88. The number of carbonyl (C=O) groups is 1. The largest absolute Gasteiger partial charge is 0.334 e. The van der Waals surface area contributed by atoms with E-state index in [1.807, 2.05) is 17.9 Å². The maximum Gasteiger partial charge on any atom is 0.255 e. The van der Waals surface area contributed by atoms with Crippen LogP contribution in [0.25, 0.3) is 0 Å². The van der Waals surface area contributed by atoms with Crippen LogP contribution in [0.4, 0.5) is 0 Å². The highest BCUT2D eigenvalue weighted by atomic mass is 79.9. The standard InChI is InChI=1S/C14H18BrClN2O.ClH/c1-9(17)13-4-2-3-7-18(13)14(19)11-6-5-10(15)8-12(11)16;/h5-6,8-9,13H,2-4,7,17H2,1H3;1H. The van der Waals surface area contributed by atoms with E-state index >= 15 is 0 Å². The smallest absolute Gasteiger partial charge is 0.255 e. The lowest BCUT2D eigenvalue weighted by atomic mass is 9.96. The third-order valence-corrected chi connectivity index (χ3v) is 4.38. The molecule has 1 aliphatic heterocycles. The first kappa shape index (κ1) is 17.8. The summed E-state index contributed by atoms with van der Waals surface area (Å²) in [5.41, 5.74) is 6.55. The van der Waals surface area contributed by atoms with Crippen molar-refractivity contribution in [2.24, 2.45) is 5.73 Å². The average molecular weight is 382 g/mol. The Morgan fingerprint density at radius 1 is 1.50 bits per heavy atom. The minimum Gasteiger partial charge on any atom is -0.334 e. The van der Waals surface area contributed by atoms with Gasteiger partial charge in [0.05, 0.1) is 10.6 Å². The normalized spacial score (nSPS) is 20.2. The number of likely N-dealkylation sites (tertiary alicyclic amines) is 1. The Bertz CT molecular complexity index is 482. The van der Waals surface area contributed by atoms with E-state index in [0.717, 1.165) is 30.3 Å².